The third kappa shape index (κ3) is 10.5. The maximum absolute atomic E-state index is 14.2. The number of amides is 4. The first-order valence-corrected chi connectivity index (χ1v) is 21.3. The molecule has 0 radical (unpaired) electrons. The molecule has 15 nitrogen and oxygen atoms in total. The van der Waals surface area contributed by atoms with Gasteiger partial charge in [-0.05, 0) is 97.5 Å². The van der Waals surface area contributed by atoms with Crippen LogP contribution in [-0.4, -0.2) is 106 Å². The number of hydrogen-bond donors (Lipinski definition) is 5. The van der Waals surface area contributed by atoms with E-state index in [4.69, 9.17) is 21.1 Å². The van der Waals surface area contributed by atoms with Gasteiger partial charge >= 0.3 is 0 Å². The molecule has 4 atom stereocenters. The summed E-state index contributed by atoms with van der Waals surface area (Å²) in [5.41, 5.74) is 4.38. The molecule has 4 heterocycles. The van der Waals surface area contributed by atoms with E-state index in [1.165, 1.54) is 4.90 Å². The van der Waals surface area contributed by atoms with Crippen LogP contribution in [0.15, 0.2) is 66.9 Å². The van der Waals surface area contributed by atoms with Crippen molar-refractivity contribution in [2.75, 3.05) is 43.6 Å². The molecular weight excluding hydrogens is 800 g/mol. The van der Waals surface area contributed by atoms with E-state index in [0.29, 0.717) is 59.7 Å². The molecule has 61 heavy (non-hydrogen) atoms. The lowest BCUT2D eigenvalue weighted by Gasteiger charge is -2.36. The Morgan fingerprint density at radius 2 is 1.77 bits per heavy atom. The van der Waals surface area contributed by atoms with E-state index in [9.17, 15) is 24.3 Å². The van der Waals surface area contributed by atoms with Gasteiger partial charge in [0.1, 0.15) is 30.1 Å². The fourth-order valence-electron chi connectivity index (χ4n) is 8.15. The number of nitrogens with one attached hydrogen (secondary N) is 4. The molecule has 1 aliphatic carbocycles. The predicted octanol–water partition coefficient (Wildman–Crippen LogP) is 5.62. The monoisotopic (exact) mass is 854 g/mol. The number of carbonyl (C=O) groups excluding carboxylic acids is 4. The van der Waals surface area contributed by atoms with Crippen LogP contribution in [0.2, 0.25) is 5.02 Å². The van der Waals surface area contributed by atoms with Crippen molar-refractivity contribution >= 4 is 46.6 Å². The van der Waals surface area contributed by atoms with Crippen molar-refractivity contribution in [3.8, 4) is 17.1 Å². The number of aliphatic hydroxyl groups is 1. The molecule has 5 N–H and O–H groups in total. The van der Waals surface area contributed by atoms with Gasteiger partial charge in [-0.2, -0.15) is 5.10 Å². The van der Waals surface area contributed by atoms with Crippen LogP contribution in [0, 0.1) is 5.41 Å². The number of pyridine rings is 1. The van der Waals surface area contributed by atoms with Gasteiger partial charge in [0.25, 0.3) is 5.91 Å². The average molecular weight is 855 g/mol. The van der Waals surface area contributed by atoms with Crippen molar-refractivity contribution in [3.05, 3.63) is 88.7 Å². The minimum absolute atomic E-state index is 0.0143. The Kier molecular flexibility index (Phi) is 13.3. The molecule has 1 saturated carbocycles. The summed E-state index contributed by atoms with van der Waals surface area (Å²) in [7, 11) is 1.55. The maximum Gasteiger partial charge on any atom is 0.274 e. The molecule has 4 aromatic rings. The second-order valence-electron chi connectivity index (χ2n) is 17.3. The lowest BCUT2D eigenvalue weighted by atomic mass is 9.85. The zero-order valence-electron chi connectivity index (χ0n) is 35.2. The molecule has 0 bridgehead atoms. The Bertz CT molecular complexity index is 2220. The van der Waals surface area contributed by atoms with Crippen LogP contribution in [0.25, 0.3) is 11.4 Å². The highest BCUT2D eigenvalue weighted by molar-refractivity contribution is 6.30. The highest BCUT2D eigenvalue weighted by Crippen LogP contribution is 2.44. The minimum Gasteiger partial charge on any atom is -0.494 e. The SMILES string of the molecule is COc1cc(N2CCC(OCC(=O)N[C@H](C(=O)N3C[C@H](O)C[C@H]3C(=O)N[C@@H](C)c3ccc(Cl)cc3C3CC3)C(C)(C)C)CC2)ccc1NC(=O)c1cccc(-c2ccn[nH]2)n1. The predicted molar refractivity (Wildman–Crippen MR) is 231 cm³/mol. The van der Waals surface area contributed by atoms with E-state index in [1.54, 1.807) is 43.6 Å². The van der Waals surface area contributed by atoms with Crippen LogP contribution in [-0.2, 0) is 19.1 Å². The van der Waals surface area contributed by atoms with Gasteiger partial charge in [-0.1, -0.05) is 44.5 Å². The second-order valence-corrected chi connectivity index (χ2v) is 17.7. The average Bonchev–Trinajstić information content (AvgIpc) is 3.79. The van der Waals surface area contributed by atoms with Gasteiger partial charge in [0.15, 0.2) is 0 Å². The summed E-state index contributed by atoms with van der Waals surface area (Å²) in [6.07, 6.45) is 4.14. The number of rotatable bonds is 14. The summed E-state index contributed by atoms with van der Waals surface area (Å²) < 4.78 is 11.7. The Balaban J connectivity index is 0.905. The Hall–Kier alpha value is -5.51. The number of H-pyrrole nitrogens is 1. The number of aliphatic hydroxyl groups excluding tert-OH is 1. The zero-order valence-corrected chi connectivity index (χ0v) is 36.0. The van der Waals surface area contributed by atoms with E-state index >= 15 is 0 Å². The lowest BCUT2D eigenvalue weighted by molar-refractivity contribution is -0.145. The fraction of sp³-hybridized carbons (Fsp3) is 0.467. The van der Waals surface area contributed by atoms with Crippen molar-refractivity contribution in [1.29, 1.82) is 0 Å². The molecule has 3 aliphatic rings. The number of likely N-dealkylation sites (tertiary alicyclic amines) is 1. The van der Waals surface area contributed by atoms with Gasteiger partial charge in [0.2, 0.25) is 17.7 Å². The Morgan fingerprint density at radius 1 is 1.00 bits per heavy atom. The number of hydrogen-bond acceptors (Lipinski definition) is 10. The van der Waals surface area contributed by atoms with Gasteiger partial charge < -0.3 is 40.3 Å². The molecule has 2 aromatic heterocycles. The van der Waals surface area contributed by atoms with Crippen LogP contribution >= 0.6 is 11.6 Å². The third-order valence-corrected chi connectivity index (χ3v) is 11.9. The first-order chi connectivity index (χ1) is 29.2. The number of halogens is 1. The molecule has 0 spiro atoms. The molecule has 324 valence electrons. The molecule has 16 heteroatoms. The third-order valence-electron chi connectivity index (χ3n) is 11.6. The van der Waals surface area contributed by atoms with Crippen LogP contribution in [0.1, 0.15) is 93.4 Å². The highest BCUT2D eigenvalue weighted by atomic mass is 35.5. The van der Waals surface area contributed by atoms with Crippen LogP contribution < -0.4 is 25.6 Å². The van der Waals surface area contributed by atoms with E-state index in [-0.39, 0.29) is 49.2 Å². The van der Waals surface area contributed by atoms with Gasteiger partial charge in [0, 0.05) is 49.0 Å². The van der Waals surface area contributed by atoms with Crippen LogP contribution in [0.3, 0.4) is 0 Å². The summed E-state index contributed by atoms with van der Waals surface area (Å²) in [6.45, 7) is 8.54. The number of aromatic amines is 1. The topological polar surface area (TPSA) is 191 Å². The number of benzene rings is 2. The number of nitrogens with zero attached hydrogens (tertiary/aromatic N) is 4. The van der Waals surface area contributed by atoms with Crippen molar-refractivity contribution in [1.82, 2.24) is 30.7 Å². The highest BCUT2D eigenvalue weighted by Gasteiger charge is 2.45. The molecular formula is C45H55ClN8O7. The van der Waals surface area contributed by atoms with E-state index in [1.807, 2.05) is 58.0 Å². The summed E-state index contributed by atoms with van der Waals surface area (Å²) >= 11 is 6.29. The second kappa shape index (κ2) is 18.6. The normalized spacial score (nSPS) is 19.3. The number of aromatic nitrogens is 3. The molecule has 2 aromatic carbocycles. The number of piperidine rings is 1. The van der Waals surface area contributed by atoms with Crippen LogP contribution in [0.4, 0.5) is 11.4 Å². The summed E-state index contributed by atoms with van der Waals surface area (Å²) in [4.78, 5) is 62.5. The molecule has 2 saturated heterocycles. The van der Waals surface area contributed by atoms with Crippen molar-refractivity contribution in [2.45, 2.75) is 96.1 Å². The van der Waals surface area contributed by atoms with E-state index in [2.05, 4.69) is 36.0 Å². The van der Waals surface area contributed by atoms with Crippen molar-refractivity contribution < 1.29 is 33.8 Å². The molecule has 2 aliphatic heterocycles. The first kappa shape index (κ1) is 43.6. The van der Waals surface area contributed by atoms with Gasteiger partial charge in [-0.15, -0.1) is 0 Å². The number of carbonyl (C=O) groups is 4. The zero-order chi connectivity index (χ0) is 43.4. The fourth-order valence-corrected chi connectivity index (χ4v) is 8.33. The summed E-state index contributed by atoms with van der Waals surface area (Å²) in [5.74, 6) is -0.681. The standard InChI is InChI=1S/C45H55ClN8O7/c1-26(32-13-11-28(46)21-33(32)27-9-10-27)48-43(58)38-23-30(55)24-54(38)44(59)41(45(2,3)4)51-40(56)25-61-31-16-19-53(20-17-31)29-12-14-36(39(22-29)60-5)50-42(57)37-8-6-7-34(49-37)35-15-18-47-52-35/h6-8,11-15,18,21-22,26-27,30-31,38,41,55H,9-10,16-17,19-20,23-25H2,1-5H3,(H,47,52)(H,48,58)(H,50,57)(H,51,56)/t26-,30+,38-,41+/m0/s1. The number of methoxy groups -OCH3 is 1. The molecule has 7 rings (SSSR count). The van der Waals surface area contributed by atoms with E-state index in [0.717, 1.165) is 29.7 Å². The molecule has 4 amide bonds. The number of anilines is 2. The number of ether oxygens (including phenoxy) is 2. The Labute approximate surface area is 360 Å². The number of β-amino-alcohol motifs (C(OH)–C–C–N with tert-alkyl or cyclic N) is 1. The van der Waals surface area contributed by atoms with E-state index < -0.39 is 35.4 Å². The van der Waals surface area contributed by atoms with Crippen LogP contribution in [0.5, 0.6) is 5.75 Å². The van der Waals surface area contributed by atoms with Crippen molar-refractivity contribution in [3.63, 3.8) is 0 Å². The quantitative estimate of drug-likeness (QED) is 0.106. The lowest BCUT2D eigenvalue weighted by Crippen LogP contribution is -2.58. The summed E-state index contributed by atoms with van der Waals surface area (Å²) in [5, 5.41) is 27.0. The molecule has 0 unspecified atom stereocenters. The maximum atomic E-state index is 14.2. The first-order valence-electron chi connectivity index (χ1n) is 20.9. The largest absolute Gasteiger partial charge is 0.494 e. The molecule has 3 fully saturated rings. The smallest absolute Gasteiger partial charge is 0.274 e. The van der Waals surface area contributed by atoms with Gasteiger partial charge in [-0.25, -0.2) is 4.98 Å². The van der Waals surface area contributed by atoms with Gasteiger partial charge in [-0.3, -0.25) is 24.3 Å². The van der Waals surface area contributed by atoms with Crippen molar-refractivity contribution in [2.24, 2.45) is 5.41 Å². The Morgan fingerprint density at radius 3 is 2.46 bits per heavy atom. The van der Waals surface area contributed by atoms with Gasteiger partial charge in [0.05, 0.1) is 42.4 Å². The minimum atomic E-state index is -0.965. The summed E-state index contributed by atoms with van der Waals surface area (Å²) in [6, 6.07) is 16.1.